The zero-order valence-electron chi connectivity index (χ0n) is 9.99. The Morgan fingerprint density at radius 2 is 2.19 bits per heavy atom. The second-order valence-corrected chi connectivity index (χ2v) is 4.64. The standard InChI is InChI=1S/C14H21NO/c1-12(10-14-8-5-9-16-14)15-11-13-6-3-2-4-7-13/h2-4,6-7,12,14-15H,5,8-11H2,1H3/t12-,14-/m1/s1. The third-order valence-corrected chi connectivity index (χ3v) is 3.14. The maximum atomic E-state index is 5.64. The highest BCUT2D eigenvalue weighted by Crippen LogP contribution is 2.16. The molecule has 0 bridgehead atoms. The van der Waals surface area contributed by atoms with Crippen molar-refractivity contribution >= 4 is 0 Å². The molecular formula is C14H21NO. The van der Waals surface area contributed by atoms with Gasteiger partial charge in [-0.2, -0.15) is 0 Å². The van der Waals surface area contributed by atoms with Crippen molar-refractivity contribution < 1.29 is 4.74 Å². The molecule has 1 fully saturated rings. The van der Waals surface area contributed by atoms with E-state index in [0.717, 1.165) is 19.6 Å². The summed E-state index contributed by atoms with van der Waals surface area (Å²) in [5, 5.41) is 3.55. The molecule has 1 aliphatic heterocycles. The Morgan fingerprint density at radius 3 is 2.88 bits per heavy atom. The monoisotopic (exact) mass is 219 g/mol. The minimum absolute atomic E-state index is 0.485. The second kappa shape index (κ2) is 6.02. The quantitative estimate of drug-likeness (QED) is 0.822. The molecule has 2 nitrogen and oxygen atoms in total. The van der Waals surface area contributed by atoms with E-state index in [4.69, 9.17) is 4.74 Å². The lowest BCUT2D eigenvalue weighted by Crippen LogP contribution is -2.29. The van der Waals surface area contributed by atoms with Crippen molar-refractivity contribution in [3.63, 3.8) is 0 Å². The van der Waals surface area contributed by atoms with Gasteiger partial charge in [-0.05, 0) is 31.7 Å². The van der Waals surface area contributed by atoms with Crippen LogP contribution < -0.4 is 5.32 Å². The van der Waals surface area contributed by atoms with Crippen molar-refractivity contribution in [2.75, 3.05) is 6.61 Å². The van der Waals surface area contributed by atoms with Crippen LogP contribution in [-0.4, -0.2) is 18.8 Å². The fourth-order valence-electron chi connectivity index (χ4n) is 2.20. The van der Waals surface area contributed by atoms with Gasteiger partial charge in [-0.15, -0.1) is 0 Å². The van der Waals surface area contributed by atoms with E-state index in [1.165, 1.54) is 18.4 Å². The number of hydrogen-bond acceptors (Lipinski definition) is 2. The lowest BCUT2D eigenvalue weighted by molar-refractivity contribution is 0.0961. The molecule has 1 heterocycles. The van der Waals surface area contributed by atoms with Crippen LogP contribution in [0.5, 0.6) is 0 Å². The highest BCUT2D eigenvalue weighted by atomic mass is 16.5. The molecule has 2 heteroatoms. The number of benzene rings is 1. The smallest absolute Gasteiger partial charge is 0.0590 e. The van der Waals surface area contributed by atoms with Crippen molar-refractivity contribution in [2.24, 2.45) is 0 Å². The fraction of sp³-hybridized carbons (Fsp3) is 0.571. The molecule has 0 aromatic heterocycles. The van der Waals surface area contributed by atoms with Crippen molar-refractivity contribution in [2.45, 2.75) is 44.9 Å². The molecule has 1 aliphatic rings. The van der Waals surface area contributed by atoms with Crippen molar-refractivity contribution in [1.82, 2.24) is 5.32 Å². The minimum Gasteiger partial charge on any atom is -0.378 e. The second-order valence-electron chi connectivity index (χ2n) is 4.64. The molecule has 0 amide bonds. The summed E-state index contributed by atoms with van der Waals surface area (Å²) < 4.78 is 5.64. The van der Waals surface area contributed by atoms with Gasteiger partial charge in [0.1, 0.15) is 0 Å². The van der Waals surface area contributed by atoms with Crippen LogP contribution in [0.2, 0.25) is 0 Å². The van der Waals surface area contributed by atoms with Gasteiger partial charge in [0, 0.05) is 19.2 Å². The number of hydrogen-bond donors (Lipinski definition) is 1. The summed E-state index contributed by atoms with van der Waals surface area (Å²) in [6.07, 6.45) is 4.08. The minimum atomic E-state index is 0.485. The first-order valence-electron chi connectivity index (χ1n) is 6.23. The van der Waals surface area contributed by atoms with E-state index >= 15 is 0 Å². The molecule has 16 heavy (non-hydrogen) atoms. The zero-order chi connectivity index (χ0) is 11.2. The van der Waals surface area contributed by atoms with E-state index in [-0.39, 0.29) is 0 Å². The molecule has 2 atom stereocenters. The third kappa shape index (κ3) is 3.62. The summed E-state index contributed by atoms with van der Waals surface area (Å²) in [7, 11) is 0. The predicted molar refractivity (Wildman–Crippen MR) is 66.3 cm³/mol. The summed E-state index contributed by atoms with van der Waals surface area (Å²) in [6, 6.07) is 11.1. The average molecular weight is 219 g/mol. The first-order chi connectivity index (χ1) is 7.84. The topological polar surface area (TPSA) is 21.3 Å². The average Bonchev–Trinajstić information content (AvgIpc) is 2.81. The molecule has 0 saturated carbocycles. The Kier molecular flexibility index (Phi) is 4.37. The van der Waals surface area contributed by atoms with Gasteiger partial charge in [-0.1, -0.05) is 30.3 Å². The van der Waals surface area contributed by atoms with E-state index in [2.05, 4.69) is 42.6 Å². The zero-order valence-corrected chi connectivity index (χ0v) is 9.99. The van der Waals surface area contributed by atoms with Gasteiger partial charge < -0.3 is 10.1 Å². The largest absolute Gasteiger partial charge is 0.378 e. The molecule has 0 aliphatic carbocycles. The van der Waals surface area contributed by atoms with Crippen LogP contribution in [0, 0.1) is 0 Å². The first kappa shape index (κ1) is 11.6. The summed E-state index contributed by atoms with van der Waals surface area (Å²) in [6.45, 7) is 4.15. The molecule has 1 N–H and O–H groups in total. The SMILES string of the molecule is C[C@H](C[C@H]1CCCO1)NCc1ccccc1. The van der Waals surface area contributed by atoms with Crippen LogP contribution in [-0.2, 0) is 11.3 Å². The first-order valence-corrected chi connectivity index (χ1v) is 6.23. The Morgan fingerprint density at radius 1 is 1.38 bits per heavy atom. The number of rotatable bonds is 5. The van der Waals surface area contributed by atoms with E-state index in [1.54, 1.807) is 0 Å². The van der Waals surface area contributed by atoms with Gasteiger partial charge in [0.15, 0.2) is 0 Å². The summed E-state index contributed by atoms with van der Waals surface area (Å²) in [4.78, 5) is 0. The molecule has 0 unspecified atom stereocenters. The van der Waals surface area contributed by atoms with E-state index in [0.29, 0.717) is 12.1 Å². The van der Waals surface area contributed by atoms with Crippen molar-refractivity contribution in [3.8, 4) is 0 Å². The summed E-state index contributed by atoms with van der Waals surface area (Å²) in [5.41, 5.74) is 1.35. The van der Waals surface area contributed by atoms with E-state index in [1.807, 2.05) is 0 Å². The molecule has 1 aromatic carbocycles. The molecule has 88 valence electrons. The Hall–Kier alpha value is -0.860. The fourth-order valence-corrected chi connectivity index (χ4v) is 2.20. The lowest BCUT2D eigenvalue weighted by Gasteiger charge is -2.17. The normalized spacial score (nSPS) is 22.2. The van der Waals surface area contributed by atoms with Gasteiger partial charge in [0.05, 0.1) is 6.10 Å². The van der Waals surface area contributed by atoms with Crippen LogP contribution in [0.4, 0.5) is 0 Å². The highest BCUT2D eigenvalue weighted by molar-refractivity contribution is 5.14. The highest BCUT2D eigenvalue weighted by Gasteiger charge is 2.17. The van der Waals surface area contributed by atoms with Crippen LogP contribution in [0.3, 0.4) is 0 Å². The van der Waals surface area contributed by atoms with Gasteiger partial charge in [0.2, 0.25) is 0 Å². The van der Waals surface area contributed by atoms with Crippen LogP contribution >= 0.6 is 0 Å². The van der Waals surface area contributed by atoms with E-state index in [9.17, 15) is 0 Å². The molecule has 1 saturated heterocycles. The maximum Gasteiger partial charge on any atom is 0.0590 e. The molecular weight excluding hydrogens is 198 g/mol. The summed E-state index contributed by atoms with van der Waals surface area (Å²) in [5.74, 6) is 0. The van der Waals surface area contributed by atoms with Crippen LogP contribution in [0.1, 0.15) is 31.7 Å². The third-order valence-electron chi connectivity index (χ3n) is 3.14. The predicted octanol–water partition coefficient (Wildman–Crippen LogP) is 2.73. The molecule has 0 spiro atoms. The van der Waals surface area contributed by atoms with Crippen molar-refractivity contribution in [3.05, 3.63) is 35.9 Å². The van der Waals surface area contributed by atoms with Crippen molar-refractivity contribution in [1.29, 1.82) is 0 Å². The summed E-state index contributed by atoms with van der Waals surface area (Å²) >= 11 is 0. The number of nitrogens with one attached hydrogen (secondary N) is 1. The lowest BCUT2D eigenvalue weighted by atomic mass is 10.1. The van der Waals surface area contributed by atoms with E-state index < -0.39 is 0 Å². The number of ether oxygens (including phenoxy) is 1. The molecule has 1 aromatic rings. The Labute approximate surface area is 98.0 Å². The van der Waals surface area contributed by atoms with Gasteiger partial charge in [-0.25, -0.2) is 0 Å². The van der Waals surface area contributed by atoms with Gasteiger partial charge >= 0.3 is 0 Å². The van der Waals surface area contributed by atoms with Gasteiger partial charge in [0.25, 0.3) is 0 Å². The van der Waals surface area contributed by atoms with Crippen LogP contribution in [0.15, 0.2) is 30.3 Å². The maximum absolute atomic E-state index is 5.64. The van der Waals surface area contributed by atoms with Gasteiger partial charge in [-0.3, -0.25) is 0 Å². The Bertz CT molecular complexity index is 293. The molecule has 0 radical (unpaired) electrons. The molecule has 2 rings (SSSR count). The Balaban J connectivity index is 1.69. The van der Waals surface area contributed by atoms with Crippen LogP contribution in [0.25, 0.3) is 0 Å².